The normalized spacial score (nSPS) is 17.5. The molecule has 0 aliphatic carbocycles. The van der Waals surface area contributed by atoms with Gasteiger partial charge in [-0.3, -0.25) is 5.43 Å². The van der Waals surface area contributed by atoms with Crippen LogP contribution in [0.1, 0.15) is 18.2 Å². The van der Waals surface area contributed by atoms with Crippen molar-refractivity contribution in [1.29, 1.82) is 5.26 Å². The number of benzene rings is 1. The van der Waals surface area contributed by atoms with Crippen LogP contribution in [0.25, 0.3) is 0 Å². The number of amidine groups is 1. The van der Waals surface area contributed by atoms with Gasteiger partial charge in [-0.05, 0) is 24.0 Å². The Bertz CT molecular complexity index is 491. The van der Waals surface area contributed by atoms with Gasteiger partial charge < -0.3 is 4.90 Å². The summed E-state index contributed by atoms with van der Waals surface area (Å²) in [4.78, 5) is 6.57. The smallest absolute Gasteiger partial charge is 0.172 e. The monoisotopic (exact) mass is 275 g/mol. The summed E-state index contributed by atoms with van der Waals surface area (Å²) in [6, 6.07) is 10.4. The first kappa shape index (κ1) is 13.7. The van der Waals surface area contributed by atoms with Gasteiger partial charge in [0.15, 0.2) is 5.17 Å². The predicted octanol–water partition coefficient (Wildman–Crippen LogP) is 1.86. The molecule has 1 atom stereocenters. The lowest BCUT2D eigenvalue weighted by Crippen LogP contribution is -2.29. The third-order valence-corrected chi connectivity index (χ3v) is 3.56. The molecule has 1 aromatic carbocycles. The molecule has 1 unspecified atom stereocenters. The van der Waals surface area contributed by atoms with Crippen LogP contribution >= 0.6 is 11.8 Å². The summed E-state index contributed by atoms with van der Waals surface area (Å²) < 4.78 is 0. The van der Waals surface area contributed by atoms with Gasteiger partial charge in [0, 0.05) is 19.3 Å². The first-order valence-corrected chi connectivity index (χ1v) is 7.28. The third kappa shape index (κ3) is 3.40. The summed E-state index contributed by atoms with van der Waals surface area (Å²) in [7, 11) is 1.99. The molecule has 0 aromatic heterocycles. The Morgan fingerprint density at radius 3 is 2.74 bits per heavy atom. The van der Waals surface area contributed by atoms with E-state index in [1.807, 2.05) is 13.3 Å². The lowest BCUT2D eigenvalue weighted by Gasteiger charge is -2.18. The summed E-state index contributed by atoms with van der Waals surface area (Å²) in [5.41, 5.74) is 8.39. The van der Waals surface area contributed by atoms with Crippen molar-refractivity contribution in [3.63, 3.8) is 0 Å². The van der Waals surface area contributed by atoms with E-state index in [1.54, 1.807) is 11.8 Å². The van der Waals surface area contributed by atoms with Crippen LogP contribution in [0.2, 0.25) is 0 Å². The molecule has 6 heteroatoms. The van der Waals surface area contributed by atoms with Crippen molar-refractivity contribution in [2.75, 3.05) is 24.7 Å². The van der Waals surface area contributed by atoms with Gasteiger partial charge in [-0.25, -0.2) is 10.4 Å². The van der Waals surface area contributed by atoms with Crippen molar-refractivity contribution in [3.8, 4) is 6.07 Å². The van der Waals surface area contributed by atoms with Crippen molar-refractivity contribution in [3.05, 3.63) is 29.8 Å². The second-order valence-electron chi connectivity index (χ2n) is 4.23. The molecule has 0 radical (unpaired) electrons. The second kappa shape index (κ2) is 6.45. The van der Waals surface area contributed by atoms with Gasteiger partial charge in [0.1, 0.15) is 6.17 Å². The molecule has 2 rings (SSSR count). The number of rotatable bonds is 4. The van der Waals surface area contributed by atoms with E-state index in [0.717, 1.165) is 23.0 Å². The van der Waals surface area contributed by atoms with E-state index >= 15 is 0 Å². The van der Waals surface area contributed by atoms with Gasteiger partial charge in [0.25, 0.3) is 0 Å². The van der Waals surface area contributed by atoms with Crippen LogP contribution < -0.4 is 15.8 Å². The molecule has 0 amide bonds. The molecule has 1 heterocycles. The zero-order valence-electron chi connectivity index (χ0n) is 11.1. The number of nitrogens with one attached hydrogen (secondary N) is 2. The SMILES string of the molecule is CSC1=NC(c2ccc(N(C)CCC#N)cc2)NN1. The summed E-state index contributed by atoms with van der Waals surface area (Å²) in [6.07, 6.45) is 2.50. The minimum atomic E-state index is -0.0269. The molecule has 2 N–H and O–H groups in total. The van der Waals surface area contributed by atoms with E-state index < -0.39 is 0 Å². The predicted molar refractivity (Wildman–Crippen MR) is 79.9 cm³/mol. The number of thioether (sulfide) groups is 1. The summed E-state index contributed by atoms with van der Waals surface area (Å²) >= 11 is 1.59. The number of hydrogen-bond acceptors (Lipinski definition) is 6. The van der Waals surface area contributed by atoms with Gasteiger partial charge in [-0.2, -0.15) is 5.26 Å². The van der Waals surface area contributed by atoms with Crippen LogP contribution in [0.5, 0.6) is 0 Å². The van der Waals surface area contributed by atoms with Crippen LogP contribution in [0.15, 0.2) is 29.3 Å². The molecular formula is C13H17N5S. The van der Waals surface area contributed by atoms with Crippen molar-refractivity contribution in [2.45, 2.75) is 12.6 Å². The number of nitrogens with zero attached hydrogens (tertiary/aromatic N) is 3. The number of anilines is 1. The molecule has 1 aromatic rings. The molecule has 0 bridgehead atoms. The number of hydrogen-bond donors (Lipinski definition) is 2. The van der Waals surface area contributed by atoms with Crippen LogP contribution in [-0.2, 0) is 0 Å². The van der Waals surface area contributed by atoms with Crippen molar-refractivity contribution >= 4 is 22.6 Å². The van der Waals surface area contributed by atoms with E-state index in [4.69, 9.17) is 5.26 Å². The maximum Gasteiger partial charge on any atom is 0.172 e. The van der Waals surface area contributed by atoms with Crippen LogP contribution in [-0.4, -0.2) is 25.0 Å². The molecule has 0 spiro atoms. The zero-order valence-corrected chi connectivity index (χ0v) is 11.9. The van der Waals surface area contributed by atoms with E-state index in [-0.39, 0.29) is 6.17 Å². The summed E-state index contributed by atoms with van der Waals surface area (Å²) in [5, 5.41) is 9.49. The molecule has 0 saturated heterocycles. The van der Waals surface area contributed by atoms with Crippen LogP contribution in [0.3, 0.4) is 0 Å². The number of aliphatic imine (C=N–C) groups is 1. The summed E-state index contributed by atoms with van der Waals surface area (Å²) in [6.45, 7) is 0.744. The first-order chi connectivity index (χ1) is 9.24. The fraction of sp³-hybridized carbons (Fsp3) is 0.385. The minimum Gasteiger partial charge on any atom is -0.374 e. The number of hydrazine groups is 1. The number of nitriles is 1. The average molecular weight is 275 g/mol. The Morgan fingerprint density at radius 2 is 2.16 bits per heavy atom. The highest BCUT2D eigenvalue weighted by molar-refractivity contribution is 8.13. The topological polar surface area (TPSA) is 63.5 Å². The molecule has 0 fully saturated rings. The Morgan fingerprint density at radius 1 is 1.42 bits per heavy atom. The highest BCUT2D eigenvalue weighted by Crippen LogP contribution is 2.22. The fourth-order valence-electron chi connectivity index (χ4n) is 1.83. The molecule has 1 aliphatic rings. The van der Waals surface area contributed by atoms with Crippen LogP contribution in [0, 0.1) is 11.3 Å². The Hall–Kier alpha value is -1.71. The Balaban J connectivity index is 2.03. The zero-order chi connectivity index (χ0) is 13.7. The first-order valence-electron chi connectivity index (χ1n) is 6.06. The lowest BCUT2D eigenvalue weighted by molar-refractivity contribution is 0.575. The Kier molecular flexibility index (Phi) is 4.66. The van der Waals surface area contributed by atoms with E-state index in [2.05, 4.69) is 51.1 Å². The Labute approximate surface area is 117 Å². The maximum absolute atomic E-state index is 8.59. The molecule has 0 saturated carbocycles. The molecule has 19 heavy (non-hydrogen) atoms. The van der Waals surface area contributed by atoms with Gasteiger partial charge >= 0.3 is 0 Å². The quantitative estimate of drug-likeness (QED) is 0.878. The molecule has 1 aliphatic heterocycles. The third-order valence-electron chi connectivity index (χ3n) is 2.96. The highest BCUT2D eigenvalue weighted by Gasteiger charge is 2.17. The largest absolute Gasteiger partial charge is 0.374 e. The molecule has 5 nitrogen and oxygen atoms in total. The molecular weight excluding hydrogens is 258 g/mol. The van der Waals surface area contributed by atoms with Gasteiger partial charge in [0.05, 0.1) is 12.5 Å². The fourth-order valence-corrected chi connectivity index (χ4v) is 2.20. The van der Waals surface area contributed by atoms with E-state index in [9.17, 15) is 0 Å². The van der Waals surface area contributed by atoms with Gasteiger partial charge in [-0.1, -0.05) is 23.9 Å². The second-order valence-corrected chi connectivity index (χ2v) is 5.03. The van der Waals surface area contributed by atoms with Crippen LogP contribution in [0.4, 0.5) is 5.69 Å². The average Bonchev–Trinajstić information content (AvgIpc) is 2.94. The maximum atomic E-state index is 8.59. The van der Waals surface area contributed by atoms with Crippen molar-refractivity contribution in [2.24, 2.45) is 4.99 Å². The van der Waals surface area contributed by atoms with E-state index in [1.165, 1.54) is 0 Å². The van der Waals surface area contributed by atoms with Gasteiger partial charge in [0.2, 0.25) is 0 Å². The van der Waals surface area contributed by atoms with E-state index in [0.29, 0.717) is 6.42 Å². The molecule has 100 valence electrons. The lowest BCUT2D eigenvalue weighted by atomic mass is 10.1. The van der Waals surface area contributed by atoms with Crippen molar-refractivity contribution in [1.82, 2.24) is 10.9 Å². The van der Waals surface area contributed by atoms with Gasteiger partial charge in [-0.15, -0.1) is 0 Å². The summed E-state index contributed by atoms with van der Waals surface area (Å²) in [5.74, 6) is 0. The standard InChI is InChI=1S/C13H17N5S/c1-18(9-3-8-14)11-6-4-10(5-7-11)12-15-13(19-2)17-16-12/h4-7,12,16H,3,9H2,1-2H3,(H,15,17). The van der Waals surface area contributed by atoms with Crippen molar-refractivity contribution < 1.29 is 0 Å². The highest BCUT2D eigenvalue weighted by atomic mass is 32.2. The minimum absolute atomic E-state index is 0.0269.